The Morgan fingerprint density at radius 1 is 1.19 bits per heavy atom. The minimum Gasteiger partial charge on any atom is -0.496 e. The number of esters is 1. The molecular weight excluding hydrogens is 492 g/mol. The minimum atomic E-state index is -0.730. The Morgan fingerprint density at radius 3 is 2.68 bits per heavy atom. The number of likely N-dealkylation sites (N-methyl/N-ethyl adjacent to an activating group) is 1. The van der Waals surface area contributed by atoms with Gasteiger partial charge in [0, 0.05) is 43.9 Å². The highest BCUT2D eigenvalue weighted by molar-refractivity contribution is 7.07. The molecule has 10 heteroatoms. The third kappa shape index (κ3) is 4.74. The number of benzene rings is 1. The number of hydrogen-bond acceptors (Lipinski definition) is 9. The summed E-state index contributed by atoms with van der Waals surface area (Å²) in [5, 5.41) is 0. The van der Waals surface area contributed by atoms with E-state index in [-0.39, 0.29) is 12.2 Å². The first-order chi connectivity index (χ1) is 17.9. The number of methoxy groups -OCH3 is 1. The van der Waals surface area contributed by atoms with E-state index in [0.29, 0.717) is 37.7 Å². The number of carbonyl (C=O) groups is 1. The van der Waals surface area contributed by atoms with Crippen LogP contribution in [0.2, 0.25) is 0 Å². The summed E-state index contributed by atoms with van der Waals surface area (Å²) in [4.78, 5) is 36.5. The second kappa shape index (κ2) is 10.4. The summed E-state index contributed by atoms with van der Waals surface area (Å²) in [6.45, 7) is 7.45. The highest BCUT2D eigenvalue weighted by Gasteiger charge is 2.35. The molecule has 0 spiro atoms. The first-order valence-corrected chi connectivity index (χ1v) is 13.1. The van der Waals surface area contributed by atoms with Crippen LogP contribution in [0.25, 0.3) is 6.08 Å². The van der Waals surface area contributed by atoms with Crippen LogP contribution in [0, 0.1) is 0 Å². The summed E-state index contributed by atoms with van der Waals surface area (Å²) >= 11 is 1.27. The molecule has 0 N–H and O–H groups in total. The van der Waals surface area contributed by atoms with Gasteiger partial charge in [-0.05, 0) is 33.0 Å². The van der Waals surface area contributed by atoms with E-state index in [4.69, 9.17) is 13.9 Å². The zero-order valence-electron chi connectivity index (χ0n) is 21.4. The van der Waals surface area contributed by atoms with Gasteiger partial charge in [0.25, 0.3) is 5.56 Å². The van der Waals surface area contributed by atoms with E-state index in [9.17, 15) is 9.59 Å². The Balaban J connectivity index is 1.61. The van der Waals surface area contributed by atoms with Gasteiger partial charge in [-0.25, -0.2) is 9.79 Å². The number of furan rings is 1. The fourth-order valence-corrected chi connectivity index (χ4v) is 5.75. The number of piperazine rings is 1. The van der Waals surface area contributed by atoms with E-state index in [0.717, 1.165) is 32.1 Å². The molecule has 2 aliphatic heterocycles. The zero-order valence-corrected chi connectivity index (χ0v) is 22.2. The molecule has 0 amide bonds. The van der Waals surface area contributed by atoms with Crippen LogP contribution in [0.15, 0.2) is 61.9 Å². The minimum absolute atomic E-state index is 0.215. The van der Waals surface area contributed by atoms with Crippen molar-refractivity contribution in [3.05, 3.63) is 78.7 Å². The van der Waals surface area contributed by atoms with Gasteiger partial charge >= 0.3 is 5.97 Å². The average Bonchev–Trinajstić information content (AvgIpc) is 3.48. The molecule has 5 rings (SSSR count). The lowest BCUT2D eigenvalue weighted by Crippen LogP contribution is -2.44. The number of rotatable bonds is 6. The Bertz CT molecular complexity index is 1520. The molecule has 2 aliphatic rings. The third-order valence-corrected chi connectivity index (χ3v) is 7.63. The molecule has 1 fully saturated rings. The first kappa shape index (κ1) is 25.0. The van der Waals surface area contributed by atoms with E-state index in [2.05, 4.69) is 21.8 Å². The lowest BCUT2D eigenvalue weighted by atomic mass is 9.95. The Labute approximate surface area is 218 Å². The standard InChI is InChI=1S/C27H30N4O5S/c1-5-35-26(33)23-17(2)28-27-31(24(23)19-8-6-7-9-20(19)34-4)25(32)21(37-27)16-18-10-11-22(36-18)30-14-12-29(3)13-15-30/h6-11,16,24H,5,12-15H2,1-4H3/b21-16-/t24-/m0/s1. The number of nitrogens with zero attached hydrogens (tertiary/aromatic N) is 4. The topological polar surface area (TPSA) is 89.5 Å². The van der Waals surface area contributed by atoms with Gasteiger partial charge in [0.2, 0.25) is 0 Å². The Morgan fingerprint density at radius 2 is 1.95 bits per heavy atom. The summed E-state index contributed by atoms with van der Waals surface area (Å²) in [5.74, 6) is 1.45. The number of aromatic nitrogens is 1. The summed E-state index contributed by atoms with van der Waals surface area (Å²) in [5.41, 5.74) is 1.26. The molecule has 1 atom stereocenters. The van der Waals surface area contributed by atoms with Gasteiger partial charge in [-0.1, -0.05) is 29.5 Å². The molecule has 0 saturated carbocycles. The first-order valence-electron chi connectivity index (χ1n) is 12.3. The van der Waals surface area contributed by atoms with Crippen molar-refractivity contribution >= 4 is 29.3 Å². The maximum absolute atomic E-state index is 13.8. The number of para-hydroxylation sites is 1. The molecule has 1 saturated heterocycles. The second-order valence-corrected chi connectivity index (χ2v) is 10.0. The molecule has 4 heterocycles. The van der Waals surface area contributed by atoms with Crippen LogP contribution < -0.4 is 24.5 Å². The van der Waals surface area contributed by atoms with Crippen LogP contribution in [0.4, 0.5) is 5.88 Å². The maximum atomic E-state index is 13.8. The SMILES string of the molecule is CCOC(=O)C1=C(C)N=c2s/c(=C\c3ccc(N4CCN(C)CC4)o3)c(=O)n2[C@H]1c1ccccc1OC. The van der Waals surface area contributed by atoms with E-state index in [1.807, 2.05) is 36.4 Å². The molecule has 1 aromatic carbocycles. The van der Waals surface area contributed by atoms with Crippen LogP contribution in [-0.4, -0.2) is 62.4 Å². The highest BCUT2D eigenvalue weighted by Crippen LogP contribution is 2.35. The smallest absolute Gasteiger partial charge is 0.338 e. The van der Waals surface area contributed by atoms with Gasteiger partial charge in [-0.15, -0.1) is 0 Å². The third-order valence-electron chi connectivity index (χ3n) is 6.65. The molecule has 0 radical (unpaired) electrons. The van der Waals surface area contributed by atoms with Crippen LogP contribution in [0.1, 0.15) is 31.2 Å². The molecule has 0 aliphatic carbocycles. The van der Waals surface area contributed by atoms with Crippen molar-refractivity contribution < 1.29 is 18.7 Å². The number of anilines is 1. The van der Waals surface area contributed by atoms with E-state index in [1.54, 1.807) is 31.6 Å². The average molecular weight is 523 g/mol. The molecule has 3 aromatic rings. The van der Waals surface area contributed by atoms with Gasteiger partial charge < -0.3 is 23.7 Å². The normalized spacial score (nSPS) is 18.5. The lowest BCUT2D eigenvalue weighted by molar-refractivity contribution is -0.139. The van der Waals surface area contributed by atoms with Gasteiger partial charge in [0.15, 0.2) is 10.7 Å². The second-order valence-electron chi connectivity index (χ2n) is 9.01. The van der Waals surface area contributed by atoms with Crippen molar-refractivity contribution in [3.63, 3.8) is 0 Å². The molecule has 37 heavy (non-hydrogen) atoms. The summed E-state index contributed by atoms with van der Waals surface area (Å²) < 4.78 is 19.1. The van der Waals surface area contributed by atoms with Crippen molar-refractivity contribution in [2.24, 2.45) is 4.99 Å². The van der Waals surface area contributed by atoms with Crippen molar-refractivity contribution in [1.82, 2.24) is 9.47 Å². The van der Waals surface area contributed by atoms with Gasteiger partial charge in [0.05, 0.1) is 29.5 Å². The van der Waals surface area contributed by atoms with Crippen LogP contribution >= 0.6 is 11.3 Å². The van der Waals surface area contributed by atoms with E-state index >= 15 is 0 Å². The number of ether oxygens (including phenoxy) is 2. The van der Waals surface area contributed by atoms with Gasteiger partial charge in [-0.3, -0.25) is 9.36 Å². The predicted molar refractivity (Wildman–Crippen MR) is 142 cm³/mol. The monoisotopic (exact) mass is 522 g/mol. The van der Waals surface area contributed by atoms with Crippen LogP contribution in [0.5, 0.6) is 5.75 Å². The van der Waals surface area contributed by atoms with Gasteiger partial charge in [-0.2, -0.15) is 0 Å². The fourth-order valence-electron chi connectivity index (χ4n) is 4.72. The molecule has 2 aromatic heterocycles. The Kier molecular flexibility index (Phi) is 7.03. The molecule has 0 bridgehead atoms. The summed E-state index contributed by atoms with van der Waals surface area (Å²) in [7, 11) is 3.68. The van der Waals surface area contributed by atoms with Gasteiger partial charge in [0.1, 0.15) is 17.6 Å². The molecule has 194 valence electrons. The van der Waals surface area contributed by atoms with Crippen molar-refractivity contribution in [3.8, 4) is 5.75 Å². The van der Waals surface area contributed by atoms with Crippen molar-refractivity contribution in [2.75, 3.05) is 51.8 Å². The lowest BCUT2D eigenvalue weighted by Gasteiger charge is -2.32. The maximum Gasteiger partial charge on any atom is 0.338 e. The molecule has 9 nitrogen and oxygen atoms in total. The van der Waals surface area contributed by atoms with E-state index in [1.165, 1.54) is 11.3 Å². The van der Waals surface area contributed by atoms with Crippen LogP contribution in [-0.2, 0) is 9.53 Å². The van der Waals surface area contributed by atoms with Crippen molar-refractivity contribution in [2.45, 2.75) is 19.9 Å². The quantitative estimate of drug-likeness (QED) is 0.459. The summed E-state index contributed by atoms with van der Waals surface area (Å²) in [6.07, 6.45) is 1.74. The number of hydrogen-bond donors (Lipinski definition) is 0. The van der Waals surface area contributed by atoms with Crippen molar-refractivity contribution in [1.29, 1.82) is 0 Å². The van der Waals surface area contributed by atoms with E-state index < -0.39 is 12.0 Å². The number of allylic oxidation sites excluding steroid dienone is 1. The largest absolute Gasteiger partial charge is 0.496 e. The fraction of sp³-hybridized carbons (Fsp3) is 0.370. The number of fused-ring (bicyclic) bond motifs is 1. The highest BCUT2D eigenvalue weighted by atomic mass is 32.1. The molecule has 0 unspecified atom stereocenters. The number of thiazole rings is 1. The predicted octanol–water partition coefficient (Wildman–Crippen LogP) is 2.15. The molecular formula is C27H30N4O5S. The number of carbonyl (C=O) groups excluding carboxylic acids is 1. The Hall–Kier alpha value is -3.63. The zero-order chi connectivity index (χ0) is 26.1. The van der Waals surface area contributed by atoms with Crippen LogP contribution in [0.3, 0.4) is 0 Å². The summed E-state index contributed by atoms with van der Waals surface area (Å²) in [6, 6.07) is 10.5.